The van der Waals surface area contributed by atoms with E-state index in [1.165, 1.54) is 0 Å². The fourth-order valence-electron chi connectivity index (χ4n) is 3.37. The maximum atomic E-state index is 12.5. The third kappa shape index (κ3) is 2.16. The lowest BCUT2D eigenvalue weighted by molar-refractivity contribution is 0.00591. The standard InChI is InChI=1S/C18H16N6O2/c19-17-16-6-11(18(26)23-8-12(25)9-23)7-24(16)15-2-1-10(5-14(15)21-17)13-3-4-20-22-13/h1-7,12,25H,8-9H2,(H2,19,21)(H,20,22). The number of β-amino-alcohol motifs (C(OH)–C–C–N with tert-alkyl or cyclic N) is 1. The second-order valence-corrected chi connectivity index (χ2v) is 6.52. The van der Waals surface area contributed by atoms with Crippen LogP contribution in [-0.2, 0) is 0 Å². The third-order valence-electron chi connectivity index (χ3n) is 4.77. The zero-order valence-corrected chi connectivity index (χ0v) is 13.8. The molecule has 130 valence electrons. The van der Waals surface area contributed by atoms with E-state index in [2.05, 4.69) is 15.2 Å². The number of rotatable bonds is 2. The van der Waals surface area contributed by atoms with Crippen LogP contribution in [0.15, 0.2) is 42.7 Å². The Morgan fingerprint density at radius 3 is 2.81 bits per heavy atom. The Hall–Kier alpha value is -3.39. The average Bonchev–Trinajstić information content (AvgIpc) is 3.28. The van der Waals surface area contributed by atoms with Crippen LogP contribution in [0.2, 0.25) is 0 Å². The van der Waals surface area contributed by atoms with Crippen LogP contribution in [0.5, 0.6) is 0 Å². The van der Waals surface area contributed by atoms with Crippen LogP contribution in [0.3, 0.4) is 0 Å². The van der Waals surface area contributed by atoms with E-state index in [-0.39, 0.29) is 5.91 Å². The van der Waals surface area contributed by atoms with Crippen molar-refractivity contribution in [2.45, 2.75) is 6.10 Å². The number of carbonyl (C=O) groups is 1. The van der Waals surface area contributed by atoms with E-state index >= 15 is 0 Å². The van der Waals surface area contributed by atoms with E-state index in [9.17, 15) is 9.90 Å². The number of likely N-dealkylation sites (tertiary alicyclic amines) is 1. The van der Waals surface area contributed by atoms with Crippen molar-refractivity contribution in [3.8, 4) is 11.3 Å². The van der Waals surface area contributed by atoms with Gasteiger partial charge in [0.25, 0.3) is 5.91 Å². The van der Waals surface area contributed by atoms with Crippen molar-refractivity contribution in [2.24, 2.45) is 0 Å². The summed E-state index contributed by atoms with van der Waals surface area (Å²) in [7, 11) is 0. The predicted octanol–water partition coefficient (Wildman–Crippen LogP) is 1.28. The molecule has 8 heteroatoms. The molecule has 4 N–H and O–H groups in total. The Balaban J connectivity index is 1.64. The topological polar surface area (TPSA) is 113 Å². The van der Waals surface area contributed by atoms with Crippen LogP contribution in [0.4, 0.5) is 5.82 Å². The zero-order chi connectivity index (χ0) is 17.8. The lowest BCUT2D eigenvalue weighted by Gasteiger charge is -2.35. The van der Waals surface area contributed by atoms with Crippen LogP contribution < -0.4 is 5.73 Å². The number of nitrogen functional groups attached to an aromatic ring is 1. The summed E-state index contributed by atoms with van der Waals surface area (Å²) >= 11 is 0. The summed E-state index contributed by atoms with van der Waals surface area (Å²) < 4.78 is 1.89. The van der Waals surface area contributed by atoms with Gasteiger partial charge < -0.3 is 20.1 Å². The summed E-state index contributed by atoms with van der Waals surface area (Å²) in [5, 5.41) is 16.3. The van der Waals surface area contributed by atoms with Gasteiger partial charge in [-0.05, 0) is 24.3 Å². The zero-order valence-electron chi connectivity index (χ0n) is 13.8. The van der Waals surface area contributed by atoms with Gasteiger partial charge in [-0.1, -0.05) is 6.07 Å². The fourth-order valence-corrected chi connectivity index (χ4v) is 3.37. The molecule has 4 aromatic rings. The second-order valence-electron chi connectivity index (χ2n) is 6.52. The summed E-state index contributed by atoms with van der Waals surface area (Å²) in [5.74, 6) is 0.252. The normalized spacial score (nSPS) is 14.9. The van der Waals surface area contributed by atoms with Crippen molar-refractivity contribution in [1.82, 2.24) is 24.5 Å². The van der Waals surface area contributed by atoms with E-state index < -0.39 is 6.10 Å². The number of anilines is 1. The highest BCUT2D eigenvalue weighted by Crippen LogP contribution is 2.27. The molecule has 0 atom stereocenters. The molecule has 0 radical (unpaired) electrons. The number of aliphatic hydroxyl groups excluding tert-OH is 1. The van der Waals surface area contributed by atoms with Crippen LogP contribution >= 0.6 is 0 Å². The van der Waals surface area contributed by atoms with Crippen LogP contribution in [0.1, 0.15) is 10.4 Å². The highest BCUT2D eigenvalue weighted by molar-refractivity contribution is 5.98. The van der Waals surface area contributed by atoms with Crippen LogP contribution in [0, 0.1) is 0 Å². The molecule has 0 aliphatic carbocycles. The Kier molecular flexibility index (Phi) is 3.04. The summed E-state index contributed by atoms with van der Waals surface area (Å²) in [6, 6.07) is 9.49. The van der Waals surface area contributed by atoms with Crippen LogP contribution in [0.25, 0.3) is 27.8 Å². The molecule has 0 spiro atoms. The molecule has 1 fully saturated rings. The molecule has 1 aromatic carbocycles. The first-order valence-electron chi connectivity index (χ1n) is 8.28. The number of nitrogens with one attached hydrogen (secondary N) is 1. The smallest absolute Gasteiger partial charge is 0.255 e. The lowest BCUT2D eigenvalue weighted by Crippen LogP contribution is -2.53. The van der Waals surface area contributed by atoms with Crippen molar-refractivity contribution in [3.05, 3.63) is 48.3 Å². The molecule has 0 bridgehead atoms. The number of fused-ring (bicyclic) bond motifs is 3. The molecule has 1 amide bonds. The minimum atomic E-state index is -0.426. The summed E-state index contributed by atoms with van der Waals surface area (Å²) in [4.78, 5) is 18.6. The average molecular weight is 348 g/mol. The third-order valence-corrected chi connectivity index (χ3v) is 4.77. The number of carbonyl (C=O) groups excluding carboxylic acids is 1. The molecular formula is C18H16N6O2. The number of nitrogens with two attached hydrogens (primary N) is 1. The second kappa shape index (κ2) is 5.30. The van der Waals surface area contributed by atoms with E-state index in [4.69, 9.17) is 5.73 Å². The monoisotopic (exact) mass is 348 g/mol. The van der Waals surface area contributed by atoms with E-state index in [0.29, 0.717) is 30.0 Å². The quantitative estimate of drug-likeness (QED) is 0.505. The maximum Gasteiger partial charge on any atom is 0.255 e. The van der Waals surface area contributed by atoms with Gasteiger partial charge in [0.05, 0.1) is 33.9 Å². The van der Waals surface area contributed by atoms with Crippen molar-refractivity contribution in [2.75, 3.05) is 18.8 Å². The molecule has 0 unspecified atom stereocenters. The van der Waals surface area contributed by atoms with Crippen molar-refractivity contribution < 1.29 is 9.90 Å². The van der Waals surface area contributed by atoms with Gasteiger partial charge in [-0.25, -0.2) is 4.98 Å². The molecule has 1 saturated heterocycles. The van der Waals surface area contributed by atoms with Crippen molar-refractivity contribution in [1.29, 1.82) is 0 Å². The number of aromatic amines is 1. The molecule has 5 rings (SSSR count). The molecule has 1 aliphatic heterocycles. The number of amides is 1. The molecule has 26 heavy (non-hydrogen) atoms. The lowest BCUT2D eigenvalue weighted by atomic mass is 10.1. The van der Waals surface area contributed by atoms with E-state index in [1.54, 1.807) is 23.4 Å². The highest BCUT2D eigenvalue weighted by atomic mass is 16.3. The summed E-state index contributed by atoms with van der Waals surface area (Å²) in [5.41, 5.74) is 10.8. The minimum Gasteiger partial charge on any atom is -0.389 e. The van der Waals surface area contributed by atoms with Crippen molar-refractivity contribution >= 4 is 28.3 Å². The molecule has 8 nitrogen and oxygen atoms in total. The summed E-state index contributed by atoms with van der Waals surface area (Å²) in [6.07, 6.45) is 3.05. The Labute approximate surface area is 147 Å². The van der Waals surface area contributed by atoms with Gasteiger partial charge in [-0.2, -0.15) is 5.10 Å². The molecule has 0 saturated carbocycles. The molecule has 4 heterocycles. The Bertz CT molecular complexity index is 1140. The maximum absolute atomic E-state index is 12.5. The molecular weight excluding hydrogens is 332 g/mol. The number of H-pyrrole nitrogens is 1. The van der Waals surface area contributed by atoms with Gasteiger partial charge in [-0.15, -0.1) is 0 Å². The largest absolute Gasteiger partial charge is 0.389 e. The van der Waals surface area contributed by atoms with Gasteiger partial charge >= 0.3 is 0 Å². The first-order chi connectivity index (χ1) is 12.6. The molecule has 3 aromatic heterocycles. The SMILES string of the molecule is Nc1nc2cc(-c3ccn[nH]3)ccc2n2cc(C(=O)N3CC(O)C3)cc12. The number of benzene rings is 1. The number of aliphatic hydroxyl groups is 1. The minimum absolute atomic E-state index is 0.111. The van der Waals surface area contributed by atoms with Gasteiger partial charge in [-0.3, -0.25) is 9.89 Å². The Morgan fingerprint density at radius 2 is 2.08 bits per heavy atom. The first-order valence-corrected chi connectivity index (χ1v) is 8.28. The number of nitrogens with zero attached hydrogens (tertiary/aromatic N) is 4. The number of hydrogen-bond acceptors (Lipinski definition) is 5. The van der Waals surface area contributed by atoms with Gasteiger partial charge in [0.1, 0.15) is 5.82 Å². The first kappa shape index (κ1) is 14.9. The Morgan fingerprint density at radius 1 is 1.23 bits per heavy atom. The highest BCUT2D eigenvalue weighted by Gasteiger charge is 2.30. The van der Waals surface area contributed by atoms with Crippen LogP contribution in [-0.4, -0.2) is 54.7 Å². The van der Waals surface area contributed by atoms with E-state index in [0.717, 1.165) is 22.3 Å². The summed E-state index contributed by atoms with van der Waals surface area (Å²) in [6.45, 7) is 0.736. The predicted molar refractivity (Wildman–Crippen MR) is 96.6 cm³/mol. The van der Waals surface area contributed by atoms with E-state index in [1.807, 2.05) is 28.7 Å². The van der Waals surface area contributed by atoms with Gasteiger partial charge in [0.15, 0.2) is 0 Å². The fraction of sp³-hybridized carbons (Fsp3) is 0.167. The molecule has 1 aliphatic rings. The van der Waals surface area contributed by atoms with Gasteiger partial charge in [0.2, 0.25) is 0 Å². The van der Waals surface area contributed by atoms with Gasteiger partial charge in [0, 0.05) is 31.0 Å². The number of hydrogen-bond donors (Lipinski definition) is 3. The number of aromatic nitrogens is 4. The van der Waals surface area contributed by atoms with Crippen molar-refractivity contribution in [3.63, 3.8) is 0 Å².